The Hall–Kier alpha value is -1.95. The number of carbonyl (C=O) groups excluding carboxylic acids is 1. The van der Waals surface area contributed by atoms with Gasteiger partial charge in [-0.25, -0.2) is 9.78 Å². The number of anilines is 1. The smallest absolute Gasteiger partial charge is 0.321 e. The molecular weight excluding hydrogens is 320 g/mol. The maximum absolute atomic E-state index is 12.3. The molecule has 0 aliphatic carbocycles. The van der Waals surface area contributed by atoms with Crippen molar-refractivity contribution in [3.05, 3.63) is 40.6 Å². The zero-order valence-electron chi connectivity index (χ0n) is 14.5. The fourth-order valence-corrected chi connectivity index (χ4v) is 4.00. The number of amides is 2. The van der Waals surface area contributed by atoms with Crippen LogP contribution in [-0.2, 0) is 5.41 Å². The number of rotatable bonds is 2. The lowest BCUT2D eigenvalue weighted by Gasteiger charge is -2.31. The predicted molar refractivity (Wildman–Crippen MR) is 97.6 cm³/mol. The normalized spacial score (nSPS) is 16.2. The molecule has 1 saturated heterocycles. The second kappa shape index (κ2) is 6.89. The van der Waals surface area contributed by atoms with Crippen LogP contribution in [0.5, 0.6) is 0 Å². The van der Waals surface area contributed by atoms with Gasteiger partial charge in [-0.2, -0.15) is 0 Å². The predicted octanol–water partition coefficient (Wildman–Crippen LogP) is 4.25. The van der Waals surface area contributed by atoms with Gasteiger partial charge in [0.2, 0.25) is 0 Å². The van der Waals surface area contributed by atoms with Gasteiger partial charge in [-0.1, -0.05) is 20.8 Å². The summed E-state index contributed by atoms with van der Waals surface area (Å²) in [5.74, 6) is 0.469. The van der Waals surface area contributed by atoms with E-state index >= 15 is 0 Å². The fraction of sp³-hybridized carbons (Fsp3) is 0.500. The van der Waals surface area contributed by atoms with Crippen LogP contribution in [0.15, 0.2) is 29.9 Å². The van der Waals surface area contributed by atoms with Crippen molar-refractivity contribution < 1.29 is 4.79 Å². The Kier molecular flexibility index (Phi) is 4.85. The van der Waals surface area contributed by atoms with Gasteiger partial charge in [-0.05, 0) is 25.0 Å². The van der Waals surface area contributed by atoms with Crippen LogP contribution < -0.4 is 5.32 Å². The van der Waals surface area contributed by atoms with E-state index in [-0.39, 0.29) is 11.4 Å². The minimum Gasteiger partial charge on any atom is -0.324 e. The number of nitrogens with zero attached hydrogens (tertiary/aromatic N) is 3. The number of nitrogens with one attached hydrogen (secondary N) is 1. The average molecular weight is 344 g/mol. The van der Waals surface area contributed by atoms with Gasteiger partial charge in [0.05, 0.1) is 10.7 Å². The first-order valence-corrected chi connectivity index (χ1v) is 9.23. The van der Waals surface area contributed by atoms with Crippen molar-refractivity contribution in [3.8, 4) is 0 Å². The van der Waals surface area contributed by atoms with Crippen molar-refractivity contribution in [1.82, 2.24) is 14.9 Å². The first-order chi connectivity index (χ1) is 11.4. The number of likely N-dealkylation sites (tertiary alicyclic amines) is 1. The molecule has 6 heteroatoms. The van der Waals surface area contributed by atoms with Crippen LogP contribution in [0.3, 0.4) is 0 Å². The van der Waals surface area contributed by atoms with Crippen molar-refractivity contribution in [1.29, 1.82) is 0 Å². The summed E-state index contributed by atoms with van der Waals surface area (Å²) in [4.78, 5) is 23.0. The number of pyridine rings is 1. The Morgan fingerprint density at radius 2 is 1.92 bits per heavy atom. The second-order valence-electron chi connectivity index (χ2n) is 7.25. The van der Waals surface area contributed by atoms with E-state index in [0.29, 0.717) is 5.92 Å². The molecule has 3 heterocycles. The Labute approximate surface area is 147 Å². The van der Waals surface area contributed by atoms with E-state index in [9.17, 15) is 4.79 Å². The van der Waals surface area contributed by atoms with E-state index in [1.54, 1.807) is 35.9 Å². The third-order valence-corrected chi connectivity index (χ3v) is 5.36. The van der Waals surface area contributed by atoms with E-state index < -0.39 is 0 Å². The number of piperidine rings is 1. The molecule has 2 aromatic heterocycles. The molecule has 0 bridgehead atoms. The fourth-order valence-electron chi connectivity index (χ4n) is 2.79. The first kappa shape index (κ1) is 16.9. The van der Waals surface area contributed by atoms with E-state index in [1.165, 1.54) is 10.7 Å². The highest BCUT2D eigenvalue weighted by atomic mass is 32.1. The molecule has 1 N–H and O–H groups in total. The lowest BCUT2D eigenvalue weighted by Crippen LogP contribution is -2.40. The summed E-state index contributed by atoms with van der Waals surface area (Å²) in [7, 11) is 0. The summed E-state index contributed by atoms with van der Waals surface area (Å²) in [6.45, 7) is 8.12. The monoisotopic (exact) mass is 344 g/mol. The molecule has 1 aliphatic heterocycles. The molecule has 0 spiro atoms. The number of carbonyl (C=O) groups is 1. The first-order valence-electron chi connectivity index (χ1n) is 8.35. The van der Waals surface area contributed by atoms with Crippen LogP contribution in [0.1, 0.15) is 50.2 Å². The zero-order valence-corrected chi connectivity index (χ0v) is 15.3. The summed E-state index contributed by atoms with van der Waals surface area (Å²) in [6, 6.07) is 3.57. The topological polar surface area (TPSA) is 58.1 Å². The van der Waals surface area contributed by atoms with E-state index in [4.69, 9.17) is 4.98 Å². The van der Waals surface area contributed by atoms with Crippen LogP contribution in [0.4, 0.5) is 10.5 Å². The van der Waals surface area contributed by atoms with Crippen molar-refractivity contribution >= 4 is 23.1 Å². The van der Waals surface area contributed by atoms with E-state index in [1.807, 2.05) is 4.90 Å². The van der Waals surface area contributed by atoms with Crippen LogP contribution in [0.2, 0.25) is 0 Å². The lowest BCUT2D eigenvalue weighted by molar-refractivity contribution is 0.194. The van der Waals surface area contributed by atoms with Gasteiger partial charge in [0, 0.05) is 47.9 Å². The third kappa shape index (κ3) is 3.93. The molecule has 2 aromatic rings. The summed E-state index contributed by atoms with van der Waals surface area (Å²) < 4.78 is 0. The maximum Gasteiger partial charge on any atom is 0.321 e. The molecule has 0 saturated carbocycles. The maximum atomic E-state index is 12.3. The second-order valence-corrected chi connectivity index (χ2v) is 8.14. The molecule has 1 fully saturated rings. The molecule has 3 rings (SSSR count). The molecular formula is C18H24N4OS. The third-order valence-electron chi connectivity index (χ3n) is 4.35. The van der Waals surface area contributed by atoms with Crippen molar-refractivity contribution in [3.63, 3.8) is 0 Å². The number of hydrogen-bond donors (Lipinski definition) is 1. The molecule has 0 aromatic carbocycles. The molecule has 0 atom stereocenters. The molecule has 5 nitrogen and oxygen atoms in total. The Bertz CT molecular complexity index is 685. The summed E-state index contributed by atoms with van der Waals surface area (Å²) in [5.41, 5.74) is 2.05. The van der Waals surface area contributed by atoms with Gasteiger partial charge in [-0.15, -0.1) is 11.3 Å². The van der Waals surface area contributed by atoms with Gasteiger partial charge in [0.1, 0.15) is 0 Å². The Balaban J connectivity index is 1.56. The lowest BCUT2D eigenvalue weighted by atomic mass is 9.93. The summed E-state index contributed by atoms with van der Waals surface area (Å²) >= 11 is 1.76. The number of aromatic nitrogens is 2. The minimum absolute atomic E-state index is 0.0332. The summed E-state index contributed by atoms with van der Waals surface area (Å²) in [5, 5.41) is 6.32. The van der Waals surface area contributed by atoms with Gasteiger partial charge in [0.15, 0.2) is 0 Å². The van der Waals surface area contributed by atoms with Crippen LogP contribution in [0.25, 0.3) is 0 Å². The number of urea groups is 1. The number of hydrogen-bond acceptors (Lipinski definition) is 4. The Morgan fingerprint density at radius 3 is 2.50 bits per heavy atom. The molecule has 1 aliphatic rings. The van der Waals surface area contributed by atoms with Gasteiger partial charge >= 0.3 is 6.03 Å². The SMILES string of the molecule is CC(C)(C)c1csc(C2CCN(C(=O)Nc3ccncc3)CC2)n1. The highest BCUT2D eigenvalue weighted by Gasteiger charge is 2.27. The molecule has 128 valence electrons. The van der Waals surface area contributed by atoms with Crippen LogP contribution in [0, 0.1) is 0 Å². The highest BCUT2D eigenvalue weighted by molar-refractivity contribution is 7.09. The van der Waals surface area contributed by atoms with Gasteiger partial charge in [-0.3, -0.25) is 4.98 Å². The van der Waals surface area contributed by atoms with Crippen molar-refractivity contribution in [2.75, 3.05) is 18.4 Å². The number of thiazole rings is 1. The van der Waals surface area contributed by atoms with Crippen molar-refractivity contribution in [2.24, 2.45) is 0 Å². The van der Waals surface area contributed by atoms with Crippen LogP contribution in [-0.4, -0.2) is 34.0 Å². The molecule has 24 heavy (non-hydrogen) atoms. The van der Waals surface area contributed by atoms with Crippen molar-refractivity contribution in [2.45, 2.75) is 44.9 Å². The molecule has 2 amide bonds. The van der Waals surface area contributed by atoms with Crippen LogP contribution >= 0.6 is 11.3 Å². The highest BCUT2D eigenvalue weighted by Crippen LogP contribution is 2.33. The quantitative estimate of drug-likeness (QED) is 0.886. The van der Waals surface area contributed by atoms with E-state index in [0.717, 1.165) is 31.6 Å². The van der Waals surface area contributed by atoms with Gasteiger partial charge in [0.25, 0.3) is 0 Å². The minimum atomic E-state index is -0.0332. The molecule has 0 radical (unpaired) electrons. The Morgan fingerprint density at radius 1 is 1.25 bits per heavy atom. The standard InChI is InChI=1S/C18H24N4OS/c1-18(2,3)15-12-24-16(21-15)13-6-10-22(11-7-13)17(23)20-14-4-8-19-9-5-14/h4-5,8-9,12-13H,6-7,10-11H2,1-3H3,(H,19,20,23). The van der Waals surface area contributed by atoms with Gasteiger partial charge < -0.3 is 10.2 Å². The summed E-state index contributed by atoms with van der Waals surface area (Å²) in [6.07, 6.45) is 5.30. The largest absolute Gasteiger partial charge is 0.324 e. The zero-order chi connectivity index (χ0) is 17.2. The van der Waals surface area contributed by atoms with E-state index in [2.05, 4.69) is 36.5 Å². The average Bonchev–Trinajstić information content (AvgIpc) is 3.06. The molecule has 0 unspecified atom stereocenters.